The number of nitrogens with one attached hydrogen (secondary N) is 3. The third kappa shape index (κ3) is 2.82. The predicted molar refractivity (Wildman–Crippen MR) is 58.0 cm³/mol. The van der Waals surface area contributed by atoms with Gasteiger partial charge < -0.3 is 15.4 Å². The van der Waals surface area contributed by atoms with Crippen LogP contribution in [0.2, 0.25) is 0 Å². The van der Waals surface area contributed by atoms with E-state index < -0.39 is 31.0 Å². The summed E-state index contributed by atoms with van der Waals surface area (Å²) < 4.78 is 25.5. The number of carbonyl (C=O) groups is 1. The molecule has 8 heteroatoms. The molecular weight excluding hydrogens is 246 g/mol. The second-order valence-corrected chi connectivity index (χ2v) is 4.20. The summed E-state index contributed by atoms with van der Waals surface area (Å²) in [4.78, 5) is 18.6. The molecule has 0 saturated carbocycles. The van der Waals surface area contributed by atoms with E-state index in [-0.39, 0.29) is 0 Å². The third-order valence-corrected chi connectivity index (χ3v) is 2.80. The first-order chi connectivity index (χ1) is 8.52. The van der Waals surface area contributed by atoms with E-state index in [4.69, 9.17) is 5.11 Å². The van der Waals surface area contributed by atoms with Crippen LogP contribution in [0.25, 0.3) is 0 Å². The Morgan fingerprint density at radius 2 is 2.44 bits per heavy atom. The lowest BCUT2D eigenvalue weighted by molar-refractivity contribution is -0.126. The van der Waals surface area contributed by atoms with Crippen LogP contribution in [0, 0.1) is 0 Å². The number of fused-ring (bicyclic) bond motifs is 1. The summed E-state index contributed by atoms with van der Waals surface area (Å²) in [7, 11) is 0. The van der Waals surface area contributed by atoms with E-state index in [0.717, 1.165) is 11.4 Å². The number of alkyl halides is 2. The van der Waals surface area contributed by atoms with Crippen molar-refractivity contribution in [2.45, 2.75) is 24.9 Å². The minimum Gasteiger partial charge on any atom is -0.390 e. The van der Waals surface area contributed by atoms with Crippen LogP contribution in [0.15, 0.2) is 6.33 Å². The van der Waals surface area contributed by atoms with Gasteiger partial charge in [-0.2, -0.15) is 0 Å². The first-order valence-electron chi connectivity index (χ1n) is 5.53. The molecule has 0 bridgehead atoms. The average Bonchev–Trinajstić information content (AvgIpc) is 2.83. The van der Waals surface area contributed by atoms with Crippen LogP contribution in [0.3, 0.4) is 0 Å². The largest absolute Gasteiger partial charge is 0.390 e. The number of carbonyl (C=O) groups excluding carboxylic acids is 1. The smallest absolute Gasteiger partial charge is 0.287 e. The molecule has 1 atom stereocenters. The Hall–Kier alpha value is -1.54. The maximum Gasteiger partial charge on any atom is 0.287 e. The van der Waals surface area contributed by atoms with Crippen LogP contribution in [0.1, 0.15) is 11.4 Å². The zero-order valence-corrected chi connectivity index (χ0v) is 9.54. The normalized spacial score (nSPS) is 19.4. The fraction of sp³-hybridized carbons (Fsp3) is 0.600. The summed E-state index contributed by atoms with van der Waals surface area (Å²) in [6.07, 6.45) is 1.89. The zero-order valence-electron chi connectivity index (χ0n) is 9.54. The summed E-state index contributed by atoms with van der Waals surface area (Å²) in [5.74, 6) is -3.81. The fourth-order valence-corrected chi connectivity index (χ4v) is 1.75. The van der Waals surface area contributed by atoms with Crippen LogP contribution in [-0.2, 0) is 17.8 Å². The molecule has 0 fully saturated rings. The number of aromatic nitrogens is 2. The molecule has 2 heterocycles. The number of hydrogen-bond donors (Lipinski definition) is 4. The molecule has 0 spiro atoms. The number of amides is 1. The van der Waals surface area contributed by atoms with Gasteiger partial charge in [0.2, 0.25) is 5.91 Å². The summed E-state index contributed by atoms with van der Waals surface area (Å²) in [5.41, 5.74) is 1.67. The summed E-state index contributed by atoms with van der Waals surface area (Å²) in [6.45, 7) is -1.70. The zero-order chi connectivity index (χ0) is 13.2. The first kappa shape index (κ1) is 12.9. The van der Waals surface area contributed by atoms with E-state index in [2.05, 4.69) is 20.6 Å². The highest BCUT2D eigenvalue weighted by molar-refractivity contribution is 5.82. The third-order valence-electron chi connectivity index (χ3n) is 2.80. The van der Waals surface area contributed by atoms with E-state index in [1.165, 1.54) is 6.33 Å². The lowest BCUT2D eigenvalue weighted by Crippen LogP contribution is -2.50. The molecule has 0 radical (unpaired) electrons. The molecule has 1 aromatic heterocycles. The van der Waals surface area contributed by atoms with E-state index >= 15 is 0 Å². The average molecular weight is 260 g/mol. The highest BCUT2D eigenvalue weighted by atomic mass is 19.3. The van der Waals surface area contributed by atoms with Gasteiger partial charge in [0.15, 0.2) is 0 Å². The molecule has 1 amide bonds. The number of aliphatic hydroxyl groups is 1. The van der Waals surface area contributed by atoms with E-state index in [9.17, 15) is 13.6 Å². The van der Waals surface area contributed by atoms with Gasteiger partial charge in [-0.05, 0) is 0 Å². The highest BCUT2D eigenvalue weighted by Crippen LogP contribution is 2.13. The van der Waals surface area contributed by atoms with E-state index in [1.54, 1.807) is 0 Å². The van der Waals surface area contributed by atoms with Crippen molar-refractivity contribution in [3.63, 3.8) is 0 Å². The van der Waals surface area contributed by atoms with Gasteiger partial charge in [0, 0.05) is 13.0 Å². The first-order valence-corrected chi connectivity index (χ1v) is 5.53. The van der Waals surface area contributed by atoms with Crippen molar-refractivity contribution in [1.82, 2.24) is 20.6 Å². The summed E-state index contributed by atoms with van der Waals surface area (Å²) in [6, 6.07) is -0.574. The van der Waals surface area contributed by atoms with Crippen molar-refractivity contribution >= 4 is 5.91 Å². The molecule has 18 heavy (non-hydrogen) atoms. The number of rotatable bonds is 4. The van der Waals surface area contributed by atoms with Crippen molar-refractivity contribution in [2.24, 2.45) is 0 Å². The Morgan fingerprint density at radius 1 is 1.67 bits per heavy atom. The Kier molecular flexibility index (Phi) is 3.58. The van der Waals surface area contributed by atoms with Gasteiger partial charge in [0.1, 0.15) is 6.61 Å². The topological polar surface area (TPSA) is 90.0 Å². The molecule has 0 saturated heterocycles. The minimum absolute atomic E-state index is 0.357. The van der Waals surface area contributed by atoms with Crippen molar-refractivity contribution in [1.29, 1.82) is 0 Å². The van der Waals surface area contributed by atoms with Gasteiger partial charge in [-0.3, -0.25) is 10.1 Å². The molecule has 0 aliphatic carbocycles. The number of aliphatic hydroxyl groups excluding tert-OH is 1. The molecule has 1 aromatic rings. The standard InChI is InChI=1S/C10H14F2N4O2/c11-10(12,4-17)3-14-9(18)7-1-6-8(2-13-7)16-5-15-6/h5,7,13,17H,1-4H2,(H,14,18)(H,15,16). The van der Waals surface area contributed by atoms with Crippen molar-refractivity contribution in [2.75, 3.05) is 13.2 Å². The lowest BCUT2D eigenvalue weighted by Gasteiger charge is -2.23. The van der Waals surface area contributed by atoms with Crippen molar-refractivity contribution in [3.8, 4) is 0 Å². The van der Waals surface area contributed by atoms with Gasteiger partial charge in [0.05, 0.1) is 30.3 Å². The quantitative estimate of drug-likeness (QED) is 0.568. The summed E-state index contributed by atoms with van der Waals surface area (Å²) >= 11 is 0. The second kappa shape index (κ2) is 4.99. The number of imidazole rings is 1. The number of H-pyrrole nitrogens is 1. The van der Waals surface area contributed by atoms with Gasteiger partial charge in [-0.15, -0.1) is 0 Å². The minimum atomic E-state index is -3.29. The van der Waals surface area contributed by atoms with Crippen LogP contribution in [-0.4, -0.2) is 46.1 Å². The number of hydrogen-bond acceptors (Lipinski definition) is 4. The molecule has 100 valence electrons. The lowest BCUT2D eigenvalue weighted by atomic mass is 10.0. The molecular formula is C10H14F2N4O2. The summed E-state index contributed by atoms with van der Waals surface area (Å²) in [5, 5.41) is 13.4. The van der Waals surface area contributed by atoms with Gasteiger partial charge >= 0.3 is 0 Å². The van der Waals surface area contributed by atoms with E-state index in [1.807, 2.05) is 0 Å². The van der Waals surface area contributed by atoms with Gasteiger partial charge in [0.25, 0.3) is 5.92 Å². The second-order valence-electron chi connectivity index (χ2n) is 4.20. The Labute approximate surface area is 102 Å². The molecule has 1 unspecified atom stereocenters. The number of halogens is 2. The molecule has 0 aromatic carbocycles. The van der Waals surface area contributed by atoms with Crippen LogP contribution in [0.5, 0.6) is 0 Å². The van der Waals surface area contributed by atoms with Crippen molar-refractivity contribution in [3.05, 3.63) is 17.7 Å². The van der Waals surface area contributed by atoms with Crippen LogP contribution >= 0.6 is 0 Å². The maximum absolute atomic E-state index is 12.8. The molecule has 1 aliphatic rings. The number of aromatic amines is 1. The Balaban J connectivity index is 1.88. The highest BCUT2D eigenvalue weighted by Gasteiger charge is 2.31. The van der Waals surface area contributed by atoms with Gasteiger partial charge in [-0.25, -0.2) is 13.8 Å². The maximum atomic E-state index is 12.8. The molecule has 1 aliphatic heterocycles. The van der Waals surface area contributed by atoms with E-state index in [0.29, 0.717) is 13.0 Å². The monoisotopic (exact) mass is 260 g/mol. The molecule has 2 rings (SSSR count). The Morgan fingerprint density at radius 3 is 3.17 bits per heavy atom. The van der Waals surface area contributed by atoms with Crippen LogP contribution in [0.4, 0.5) is 8.78 Å². The SMILES string of the molecule is O=C(NCC(F)(F)CO)C1Cc2nc[nH]c2CN1. The molecule has 4 N–H and O–H groups in total. The molecule has 6 nitrogen and oxygen atoms in total. The fourth-order valence-electron chi connectivity index (χ4n) is 1.75. The van der Waals surface area contributed by atoms with Crippen LogP contribution < -0.4 is 10.6 Å². The predicted octanol–water partition coefficient (Wildman–Crippen LogP) is -0.832. The number of nitrogens with zero attached hydrogens (tertiary/aromatic N) is 1. The Bertz CT molecular complexity index is 435. The van der Waals surface area contributed by atoms with Gasteiger partial charge in [-0.1, -0.05) is 0 Å². The van der Waals surface area contributed by atoms with Crippen molar-refractivity contribution < 1.29 is 18.7 Å².